The van der Waals surface area contributed by atoms with Crippen LogP contribution in [0.15, 0.2) is 0 Å². The molecule has 1 amide bonds. The molecule has 1 aliphatic heterocycles. The first kappa shape index (κ1) is 13.3. The third-order valence-corrected chi connectivity index (χ3v) is 3.45. The van der Waals surface area contributed by atoms with Crippen molar-refractivity contribution in [3.05, 3.63) is 0 Å². The van der Waals surface area contributed by atoms with Gasteiger partial charge in [0.05, 0.1) is 12.6 Å². The number of hydrogen-bond acceptors (Lipinski definition) is 5. The zero-order valence-electron chi connectivity index (χ0n) is 9.69. The number of thioether (sulfide) groups is 1. The summed E-state index contributed by atoms with van der Waals surface area (Å²) in [5.41, 5.74) is 0. The number of amides is 1. The molecule has 1 fully saturated rings. The van der Waals surface area contributed by atoms with Crippen molar-refractivity contribution in [1.29, 1.82) is 0 Å². The van der Waals surface area contributed by atoms with Crippen LogP contribution in [0.5, 0.6) is 0 Å². The Kier molecular flexibility index (Phi) is 5.08. The SMILES string of the molecule is CCS[C@H]1C(=O)O[C@H](COC)[C@@H]1NC(C)=O. The van der Waals surface area contributed by atoms with Gasteiger partial charge in [-0.3, -0.25) is 9.59 Å². The van der Waals surface area contributed by atoms with Crippen LogP contribution in [0.2, 0.25) is 0 Å². The van der Waals surface area contributed by atoms with Crippen molar-refractivity contribution in [3.63, 3.8) is 0 Å². The van der Waals surface area contributed by atoms with E-state index < -0.39 is 0 Å². The van der Waals surface area contributed by atoms with Gasteiger partial charge >= 0.3 is 5.97 Å². The van der Waals surface area contributed by atoms with Crippen LogP contribution in [-0.4, -0.2) is 48.7 Å². The minimum atomic E-state index is -0.384. The van der Waals surface area contributed by atoms with E-state index in [1.807, 2.05) is 6.92 Å². The molecule has 0 unspecified atom stereocenters. The summed E-state index contributed by atoms with van der Waals surface area (Å²) in [5.74, 6) is 0.369. The van der Waals surface area contributed by atoms with Gasteiger partial charge in [-0.15, -0.1) is 11.8 Å². The van der Waals surface area contributed by atoms with E-state index in [1.165, 1.54) is 18.7 Å². The van der Waals surface area contributed by atoms with Crippen molar-refractivity contribution >= 4 is 23.6 Å². The van der Waals surface area contributed by atoms with Gasteiger partial charge in [0.1, 0.15) is 11.4 Å². The topological polar surface area (TPSA) is 64.6 Å². The summed E-state index contributed by atoms with van der Waals surface area (Å²) < 4.78 is 10.2. The van der Waals surface area contributed by atoms with Crippen molar-refractivity contribution in [1.82, 2.24) is 5.32 Å². The van der Waals surface area contributed by atoms with E-state index in [4.69, 9.17) is 9.47 Å². The molecule has 0 radical (unpaired) electrons. The summed E-state index contributed by atoms with van der Waals surface area (Å²) in [6, 6.07) is -0.296. The highest BCUT2D eigenvalue weighted by molar-refractivity contribution is 8.00. The molecule has 1 rings (SSSR count). The van der Waals surface area contributed by atoms with Crippen LogP contribution in [0.25, 0.3) is 0 Å². The maximum absolute atomic E-state index is 11.6. The van der Waals surface area contributed by atoms with E-state index in [0.29, 0.717) is 6.61 Å². The maximum Gasteiger partial charge on any atom is 0.321 e. The number of hydrogen-bond donors (Lipinski definition) is 1. The minimum absolute atomic E-state index is 0.161. The Bertz CT molecular complexity index is 272. The van der Waals surface area contributed by atoms with Crippen molar-refractivity contribution in [2.45, 2.75) is 31.2 Å². The second-order valence-corrected chi connectivity index (χ2v) is 4.95. The van der Waals surface area contributed by atoms with Crippen LogP contribution in [0.4, 0.5) is 0 Å². The normalized spacial score (nSPS) is 28.9. The third kappa shape index (κ3) is 3.12. The lowest BCUT2D eigenvalue weighted by Gasteiger charge is -2.20. The van der Waals surface area contributed by atoms with Gasteiger partial charge in [0.25, 0.3) is 0 Å². The van der Waals surface area contributed by atoms with Crippen LogP contribution in [-0.2, 0) is 19.1 Å². The molecule has 0 saturated carbocycles. The molecule has 92 valence electrons. The van der Waals surface area contributed by atoms with Crippen LogP contribution >= 0.6 is 11.8 Å². The number of rotatable bonds is 5. The van der Waals surface area contributed by atoms with Crippen molar-refractivity contribution < 1.29 is 19.1 Å². The minimum Gasteiger partial charge on any atom is -0.457 e. The molecule has 1 N–H and O–H groups in total. The van der Waals surface area contributed by atoms with E-state index in [-0.39, 0.29) is 29.3 Å². The van der Waals surface area contributed by atoms with Gasteiger partial charge in [-0.05, 0) is 5.75 Å². The summed E-state index contributed by atoms with van der Waals surface area (Å²) in [4.78, 5) is 22.7. The zero-order valence-corrected chi connectivity index (χ0v) is 10.5. The van der Waals surface area contributed by atoms with E-state index in [2.05, 4.69) is 5.32 Å². The molecule has 1 saturated heterocycles. The average Bonchev–Trinajstić information content (AvgIpc) is 2.46. The van der Waals surface area contributed by atoms with Gasteiger partial charge in [0.2, 0.25) is 5.91 Å². The van der Waals surface area contributed by atoms with E-state index in [9.17, 15) is 9.59 Å². The maximum atomic E-state index is 11.6. The molecule has 1 aliphatic rings. The second kappa shape index (κ2) is 6.10. The number of carbonyl (C=O) groups excluding carboxylic acids is 2. The van der Waals surface area contributed by atoms with Gasteiger partial charge in [-0.2, -0.15) is 0 Å². The largest absolute Gasteiger partial charge is 0.457 e. The second-order valence-electron chi connectivity index (χ2n) is 3.53. The number of ether oxygens (including phenoxy) is 2. The Balaban J connectivity index is 2.73. The molecule has 0 aromatic carbocycles. The first-order valence-electron chi connectivity index (χ1n) is 5.18. The highest BCUT2D eigenvalue weighted by Gasteiger charge is 2.45. The molecule has 0 spiro atoms. The summed E-state index contributed by atoms with van der Waals surface area (Å²) in [7, 11) is 1.54. The van der Waals surface area contributed by atoms with Crippen LogP contribution in [0.1, 0.15) is 13.8 Å². The van der Waals surface area contributed by atoms with Gasteiger partial charge in [0, 0.05) is 14.0 Å². The fourth-order valence-electron chi connectivity index (χ4n) is 1.69. The number of esters is 1. The molecule has 5 nitrogen and oxygen atoms in total. The lowest BCUT2D eigenvalue weighted by molar-refractivity contribution is -0.143. The Morgan fingerprint density at radius 2 is 2.31 bits per heavy atom. The van der Waals surface area contributed by atoms with Gasteiger partial charge in [0.15, 0.2) is 0 Å². The van der Waals surface area contributed by atoms with Crippen molar-refractivity contribution in [3.8, 4) is 0 Å². The van der Waals surface area contributed by atoms with E-state index >= 15 is 0 Å². The molecule has 0 aromatic heterocycles. The quantitative estimate of drug-likeness (QED) is 0.702. The van der Waals surface area contributed by atoms with Crippen molar-refractivity contribution in [2.75, 3.05) is 19.5 Å². The smallest absolute Gasteiger partial charge is 0.321 e. The number of cyclic esters (lactones) is 1. The van der Waals surface area contributed by atoms with Crippen LogP contribution < -0.4 is 5.32 Å². The predicted octanol–water partition coefficient (Wildman–Crippen LogP) is 0.185. The first-order chi connectivity index (χ1) is 7.60. The Morgan fingerprint density at radius 1 is 1.62 bits per heavy atom. The lowest BCUT2D eigenvalue weighted by Crippen LogP contribution is -2.46. The molecule has 6 heteroatoms. The third-order valence-electron chi connectivity index (χ3n) is 2.27. The van der Waals surface area contributed by atoms with Crippen molar-refractivity contribution in [2.24, 2.45) is 0 Å². The Labute approximate surface area is 99.2 Å². The molecule has 0 bridgehead atoms. The number of carbonyl (C=O) groups is 2. The highest BCUT2D eigenvalue weighted by atomic mass is 32.2. The Hall–Kier alpha value is -0.750. The monoisotopic (exact) mass is 247 g/mol. The standard InChI is InChI=1S/C10H17NO4S/c1-4-16-9-8(11-6(2)12)7(5-14-3)15-10(9)13/h7-9H,4-5H2,1-3H3,(H,11,12)/t7-,8+,9-/m1/s1. The van der Waals surface area contributed by atoms with E-state index in [0.717, 1.165) is 5.75 Å². The molecular weight excluding hydrogens is 230 g/mol. The molecular formula is C10H17NO4S. The molecule has 0 aliphatic carbocycles. The Morgan fingerprint density at radius 3 is 2.81 bits per heavy atom. The number of nitrogens with one attached hydrogen (secondary N) is 1. The molecule has 1 heterocycles. The molecule has 3 atom stereocenters. The fourth-order valence-corrected chi connectivity index (χ4v) is 2.69. The van der Waals surface area contributed by atoms with Gasteiger partial charge < -0.3 is 14.8 Å². The summed E-state index contributed by atoms with van der Waals surface area (Å²) >= 11 is 1.48. The highest BCUT2D eigenvalue weighted by Crippen LogP contribution is 2.27. The van der Waals surface area contributed by atoms with Gasteiger partial charge in [-0.1, -0.05) is 6.92 Å². The first-order valence-corrected chi connectivity index (χ1v) is 6.23. The zero-order chi connectivity index (χ0) is 12.1. The average molecular weight is 247 g/mol. The summed E-state index contributed by atoms with van der Waals surface area (Å²) in [6.45, 7) is 3.70. The summed E-state index contributed by atoms with van der Waals surface area (Å²) in [5, 5.41) is 2.43. The number of methoxy groups -OCH3 is 1. The summed E-state index contributed by atoms with van der Waals surface area (Å²) in [6.07, 6.45) is -0.384. The molecule has 16 heavy (non-hydrogen) atoms. The van der Waals surface area contributed by atoms with Gasteiger partial charge in [-0.25, -0.2) is 0 Å². The lowest BCUT2D eigenvalue weighted by atomic mass is 10.1. The predicted molar refractivity (Wildman–Crippen MR) is 61.3 cm³/mol. The van der Waals surface area contributed by atoms with E-state index in [1.54, 1.807) is 7.11 Å². The fraction of sp³-hybridized carbons (Fsp3) is 0.800. The van der Waals surface area contributed by atoms with Crippen LogP contribution in [0, 0.1) is 0 Å². The van der Waals surface area contributed by atoms with Crippen LogP contribution in [0.3, 0.4) is 0 Å². The molecule has 0 aromatic rings.